The maximum Gasteiger partial charge on any atom is 0.340 e. The summed E-state index contributed by atoms with van der Waals surface area (Å²) in [5.41, 5.74) is 6.99. The van der Waals surface area contributed by atoms with E-state index >= 15 is 0 Å². The summed E-state index contributed by atoms with van der Waals surface area (Å²) in [6, 6.07) is 7.16. The number of fused-ring (bicyclic) bond motifs is 1. The molecule has 2 aromatic rings. The number of nitrogens with zero attached hydrogens (tertiary/aromatic N) is 1. The molecule has 29 heavy (non-hydrogen) atoms. The summed E-state index contributed by atoms with van der Waals surface area (Å²) in [6.45, 7) is 1.85. The van der Waals surface area contributed by atoms with Gasteiger partial charge < -0.3 is 24.9 Å². The highest BCUT2D eigenvalue weighted by atomic mass is 19.1. The first-order valence-corrected chi connectivity index (χ1v) is 9.31. The summed E-state index contributed by atoms with van der Waals surface area (Å²) in [5, 5.41) is 9.44. The van der Waals surface area contributed by atoms with Gasteiger partial charge in [0.25, 0.3) is 5.56 Å². The van der Waals surface area contributed by atoms with Crippen molar-refractivity contribution < 1.29 is 23.8 Å². The second-order valence-corrected chi connectivity index (χ2v) is 6.70. The Hall–Kier alpha value is -3.13. The first-order valence-electron chi connectivity index (χ1n) is 9.31. The number of aromatic nitrogens is 1. The Morgan fingerprint density at radius 1 is 1.34 bits per heavy atom. The fourth-order valence-corrected chi connectivity index (χ4v) is 3.62. The van der Waals surface area contributed by atoms with Crippen LogP contribution in [0.15, 0.2) is 46.6 Å². The lowest BCUT2D eigenvalue weighted by atomic mass is 9.83. The Labute approximate surface area is 167 Å². The number of ether oxygens (including phenoxy) is 2. The monoisotopic (exact) mass is 402 g/mol. The van der Waals surface area contributed by atoms with Gasteiger partial charge in [-0.2, -0.15) is 0 Å². The Morgan fingerprint density at radius 2 is 2.03 bits per heavy atom. The molecule has 0 saturated carbocycles. The van der Waals surface area contributed by atoms with E-state index in [-0.39, 0.29) is 35.9 Å². The van der Waals surface area contributed by atoms with Crippen LogP contribution < -0.4 is 16.0 Å². The summed E-state index contributed by atoms with van der Waals surface area (Å²) in [7, 11) is 1.20. The summed E-state index contributed by atoms with van der Waals surface area (Å²) >= 11 is 0. The van der Waals surface area contributed by atoms with Crippen LogP contribution in [-0.2, 0) is 22.5 Å². The van der Waals surface area contributed by atoms with E-state index in [4.69, 9.17) is 15.2 Å². The number of benzene rings is 1. The molecule has 1 aromatic heterocycles. The van der Waals surface area contributed by atoms with Crippen molar-refractivity contribution in [3.05, 3.63) is 74.8 Å². The lowest BCUT2D eigenvalue weighted by molar-refractivity contribution is -0.136. The fraction of sp³-hybridized carbons (Fsp3) is 0.333. The third-order valence-corrected chi connectivity index (χ3v) is 4.89. The number of pyridine rings is 1. The summed E-state index contributed by atoms with van der Waals surface area (Å²) in [6.07, 6.45) is 1.38. The Kier molecular flexibility index (Phi) is 6.03. The van der Waals surface area contributed by atoms with Crippen molar-refractivity contribution in [2.24, 2.45) is 5.73 Å². The lowest BCUT2D eigenvalue weighted by Gasteiger charge is -2.29. The second kappa shape index (κ2) is 8.48. The molecule has 0 bridgehead atoms. The smallest absolute Gasteiger partial charge is 0.340 e. The van der Waals surface area contributed by atoms with Gasteiger partial charge in [0.05, 0.1) is 25.2 Å². The molecule has 0 fully saturated rings. The van der Waals surface area contributed by atoms with Crippen LogP contribution in [0.2, 0.25) is 0 Å². The molecule has 0 radical (unpaired) electrons. The van der Waals surface area contributed by atoms with E-state index < -0.39 is 23.3 Å². The molecule has 8 heteroatoms. The second-order valence-electron chi connectivity index (χ2n) is 6.70. The number of carbonyl (C=O) groups excluding carboxylic acids is 1. The van der Waals surface area contributed by atoms with Gasteiger partial charge in [0, 0.05) is 18.3 Å². The Bertz CT molecular complexity index is 1010. The van der Waals surface area contributed by atoms with E-state index in [1.807, 2.05) is 6.92 Å². The number of aryl methyl sites for hydroxylation is 1. The minimum absolute atomic E-state index is 0.0255. The average molecular weight is 402 g/mol. The molecule has 1 aliphatic rings. The largest absolute Gasteiger partial charge is 0.465 e. The van der Waals surface area contributed by atoms with Crippen LogP contribution >= 0.6 is 0 Å². The number of esters is 1. The standard InChI is InChI=1S/C21H23FN2O5/c1-3-4-14-11-15-17(20(26)24(14)9-10-25)16(12-5-7-13(22)8-6-12)18(19(23)29-15)21(27)28-2/h5-8,11,16,25H,3-4,9-10,23H2,1-2H3. The summed E-state index contributed by atoms with van der Waals surface area (Å²) in [5.74, 6) is -2.01. The minimum atomic E-state index is -0.889. The molecule has 7 nitrogen and oxygen atoms in total. The van der Waals surface area contributed by atoms with Gasteiger partial charge >= 0.3 is 5.97 Å². The molecule has 3 rings (SSSR count). The molecule has 1 aromatic carbocycles. The normalized spacial score (nSPS) is 15.7. The third-order valence-electron chi connectivity index (χ3n) is 4.89. The zero-order valence-corrected chi connectivity index (χ0v) is 16.3. The molecule has 2 heterocycles. The number of halogens is 1. The van der Waals surface area contributed by atoms with E-state index in [0.717, 1.165) is 6.42 Å². The zero-order chi connectivity index (χ0) is 21.1. The van der Waals surface area contributed by atoms with Gasteiger partial charge in [0.15, 0.2) is 0 Å². The third kappa shape index (κ3) is 3.75. The first kappa shape index (κ1) is 20.6. The summed E-state index contributed by atoms with van der Waals surface area (Å²) in [4.78, 5) is 25.9. The Morgan fingerprint density at radius 3 is 2.62 bits per heavy atom. The topological polar surface area (TPSA) is 104 Å². The highest BCUT2D eigenvalue weighted by Crippen LogP contribution is 2.41. The maximum absolute atomic E-state index is 13.5. The number of aliphatic hydroxyl groups excluding tert-OH is 1. The van der Waals surface area contributed by atoms with Crippen LogP contribution in [0.4, 0.5) is 4.39 Å². The molecule has 1 atom stereocenters. The molecule has 1 aliphatic heterocycles. The molecule has 0 aliphatic carbocycles. The number of carbonyl (C=O) groups is 1. The van der Waals surface area contributed by atoms with Crippen LogP contribution in [0.25, 0.3) is 0 Å². The quantitative estimate of drug-likeness (QED) is 0.714. The molecule has 1 unspecified atom stereocenters. The minimum Gasteiger partial charge on any atom is -0.465 e. The number of methoxy groups -OCH3 is 1. The van der Waals surface area contributed by atoms with Gasteiger partial charge in [-0.1, -0.05) is 25.5 Å². The van der Waals surface area contributed by atoms with Crippen LogP contribution in [0.5, 0.6) is 5.75 Å². The zero-order valence-electron chi connectivity index (χ0n) is 16.3. The number of nitrogens with two attached hydrogens (primary N) is 1. The summed E-state index contributed by atoms with van der Waals surface area (Å²) < 4.78 is 25.5. The van der Waals surface area contributed by atoms with Crippen LogP contribution in [0.1, 0.15) is 36.1 Å². The Balaban J connectivity index is 2.32. The fourth-order valence-electron chi connectivity index (χ4n) is 3.62. The number of rotatable bonds is 6. The van der Waals surface area contributed by atoms with Crippen molar-refractivity contribution in [1.29, 1.82) is 0 Å². The molecule has 0 spiro atoms. The van der Waals surface area contributed by atoms with Gasteiger partial charge in [-0.25, -0.2) is 9.18 Å². The van der Waals surface area contributed by atoms with E-state index in [1.54, 1.807) is 6.07 Å². The number of hydrogen-bond acceptors (Lipinski definition) is 6. The molecular formula is C21H23FN2O5. The average Bonchev–Trinajstić information content (AvgIpc) is 2.70. The van der Waals surface area contributed by atoms with Crippen molar-refractivity contribution in [3.63, 3.8) is 0 Å². The molecule has 154 valence electrons. The van der Waals surface area contributed by atoms with Crippen molar-refractivity contribution in [2.45, 2.75) is 32.2 Å². The van der Waals surface area contributed by atoms with Crippen molar-refractivity contribution >= 4 is 5.97 Å². The molecule has 0 amide bonds. The number of hydrogen-bond donors (Lipinski definition) is 2. The first-order chi connectivity index (χ1) is 13.9. The molecule has 0 saturated heterocycles. The van der Waals surface area contributed by atoms with Crippen LogP contribution in [0, 0.1) is 5.82 Å². The van der Waals surface area contributed by atoms with Gasteiger partial charge in [0.1, 0.15) is 17.1 Å². The van der Waals surface area contributed by atoms with E-state index in [1.165, 1.54) is 35.9 Å². The SMILES string of the molecule is CCCc1cc2c(c(=O)n1CCO)C(c1ccc(F)cc1)C(C(=O)OC)=C(N)O2. The predicted molar refractivity (Wildman–Crippen MR) is 104 cm³/mol. The van der Waals surface area contributed by atoms with Gasteiger partial charge in [-0.05, 0) is 24.1 Å². The predicted octanol–water partition coefficient (Wildman–Crippen LogP) is 1.80. The highest BCUT2D eigenvalue weighted by Gasteiger charge is 2.38. The van der Waals surface area contributed by atoms with Gasteiger partial charge in [-0.3, -0.25) is 4.79 Å². The highest BCUT2D eigenvalue weighted by molar-refractivity contribution is 5.92. The van der Waals surface area contributed by atoms with Gasteiger partial charge in [0.2, 0.25) is 5.88 Å². The van der Waals surface area contributed by atoms with Crippen molar-refractivity contribution in [3.8, 4) is 5.75 Å². The lowest BCUT2D eigenvalue weighted by Crippen LogP contribution is -2.36. The molecule has 3 N–H and O–H groups in total. The van der Waals surface area contributed by atoms with Crippen LogP contribution in [0.3, 0.4) is 0 Å². The maximum atomic E-state index is 13.5. The van der Waals surface area contributed by atoms with Crippen LogP contribution in [-0.4, -0.2) is 29.4 Å². The van der Waals surface area contributed by atoms with E-state index in [2.05, 4.69) is 0 Å². The van der Waals surface area contributed by atoms with Gasteiger partial charge in [-0.15, -0.1) is 0 Å². The number of aliphatic hydroxyl groups is 1. The molecular weight excluding hydrogens is 379 g/mol. The van der Waals surface area contributed by atoms with E-state index in [9.17, 15) is 19.1 Å². The van der Waals surface area contributed by atoms with E-state index in [0.29, 0.717) is 17.7 Å². The van der Waals surface area contributed by atoms with Crippen molar-refractivity contribution in [2.75, 3.05) is 13.7 Å². The van der Waals surface area contributed by atoms with Crippen molar-refractivity contribution in [1.82, 2.24) is 4.57 Å².